The summed E-state index contributed by atoms with van der Waals surface area (Å²) in [6.07, 6.45) is 1.76. The van der Waals surface area contributed by atoms with Crippen molar-refractivity contribution in [2.75, 3.05) is 0 Å². The van der Waals surface area contributed by atoms with Gasteiger partial charge in [0.2, 0.25) is 0 Å². The van der Waals surface area contributed by atoms with Crippen LogP contribution >= 0.6 is 0 Å². The Morgan fingerprint density at radius 3 is 2.37 bits per heavy atom. The zero-order chi connectivity index (χ0) is 21.1. The van der Waals surface area contributed by atoms with E-state index in [1.807, 2.05) is 43.3 Å². The fourth-order valence-electron chi connectivity index (χ4n) is 3.49. The van der Waals surface area contributed by atoms with Gasteiger partial charge in [0.15, 0.2) is 5.76 Å². The number of aryl methyl sites for hydroxylation is 1. The quantitative estimate of drug-likeness (QED) is 0.658. The predicted octanol–water partition coefficient (Wildman–Crippen LogP) is 2.62. The molecule has 7 nitrogen and oxygen atoms in total. The summed E-state index contributed by atoms with van der Waals surface area (Å²) in [5.41, 5.74) is 8.33. The van der Waals surface area contributed by atoms with Gasteiger partial charge in [0, 0.05) is 18.5 Å². The second-order valence-corrected chi connectivity index (χ2v) is 7.21. The number of fused-ring (bicyclic) bond motifs is 1. The molecule has 0 spiro atoms. The van der Waals surface area contributed by atoms with Crippen molar-refractivity contribution in [3.05, 3.63) is 94.9 Å². The zero-order valence-electron chi connectivity index (χ0n) is 16.4. The smallest absolute Gasteiger partial charge is 0.290 e. The molecule has 0 radical (unpaired) electrons. The van der Waals surface area contributed by atoms with Crippen LogP contribution in [0.5, 0.6) is 0 Å². The highest BCUT2D eigenvalue weighted by Gasteiger charge is 2.36. The third kappa shape index (κ3) is 3.96. The Kier molecular flexibility index (Phi) is 5.34. The summed E-state index contributed by atoms with van der Waals surface area (Å²) in [6.45, 7) is 2.20. The summed E-state index contributed by atoms with van der Waals surface area (Å²) in [5.74, 6) is -1.11. The molecule has 2 heterocycles. The Hall–Kier alpha value is -3.87. The largest absolute Gasteiger partial charge is 0.459 e. The molecule has 152 valence electrons. The molecule has 0 saturated carbocycles. The number of carbonyl (C=O) groups excluding carboxylic acids is 3. The number of carbonyl (C=O) groups is 3. The molecular formula is C23H21N3O4. The monoisotopic (exact) mass is 403 g/mol. The van der Waals surface area contributed by atoms with E-state index in [0.717, 1.165) is 16.7 Å². The van der Waals surface area contributed by atoms with Gasteiger partial charge in [0.05, 0.1) is 6.26 Å². The first-order valence-corrected chi connectivity index (χ1v) is 9.61. The van der Waals surface area contributed by atoms with E-state index in [1.54, 1.807) is 24.3 Å². The van der Waals surface area contributed by atoms with E-state index in [9.17, 15) is 14.4 Å². The lowest BCUT2D eigenvalue weighted by Gasteiger charge is -2.35. The van der Waals surface area contributed by atoms with Crippen LogP contribution in [0.15, 0.2) is 71.3 Å². The average molecular weight is 403 g/mol. The fraction of sp³-hybridized carbons (Fsp3) is 0.174. The fourth-order valence-corrected chi connectivity index (χ4v) is 3.49. The Morgan fingerprint density at radius 1 is 0.933 bits per heavy atom. The molecule has 3 amide bonds. The number of hydrogen-bond acceptors (Lipinski definition) is 4. The van der Waals surface area contributed by atoms with Crippen LogP contribution in [0.2, 0.25) is 0 Å². The molecule has 0 unspecified atom stereocenters. The number of amides is 3. The van der Waals surface area contributed by atoms with Crippen LogP contribution in [0.25, 0.3) is 0 Å². The van der Waals surface area contributed by atoms with E-state index in [-0.39, 0.29) is 18.2 Å². The summed E-state index contributed by atoms with van der Waals surface area (Å²) < 4.78 is 5.24. The number of nitrogens with one attached hydrogen (secondary N) is 2. The molecule has 0 fully saturated rings. The van der Waals surface area contributed by atoms with E-state index in [4.69, 9.17) is 4.42 Å². The van der Waals surface area contributed by atoms with Crippen molar-refractivity contribution in [3.8, 4) is 0 Å². The molecule has 1 atom stereocenters. The van der Waals surface area contributed by atoms with Crippen LogP contribution in [0.1, 0.15) is 37.6 Å². The number of hydrazine groups is 1. The molecule has 1 aliphatic heterocycles. The maximum absolute atomic E-state index is 12.9. The molecular weight excluding hydrogens is 382 g/mol. The third-order valence-corrected chi connectivity index (χ3v) is 5.16. The van der Waals surface area contributed by atoms with Gasteiger partial charge in [-0.2, -0.15) is 0 Å². The Bertz CT molecular complexity index is 1070. The van der Waals surface area contributed by atoms with Crippen molar-refractivity contribution < 1.29 is 18.8 Å². The highest BCUT2D eigenvalue weighted by atomic mass is 16.3. The normalized spacial score (nSPS) is 15.2. The lowest BCUT2D eigenvalue weighted by atomic mass is 9.93. The Labute approximate surface area is 173 Å². The highest BCUT2D eigenvalue weighted by Crippen LogP contribution is 2.25. The number of furan rings is 1. The van der Waals surface area contributed by atoms with Crippen molar-refractivity contribution in [1.29, 1.82) is 0 Å². The standard InChI is InChI=1S/C23H21N3O4/c1-15-8-10-16(11-9-15)21(27)24-25-22(28)19-13-17-5-2-3-6-18(17)14-26(19)23(29)20-7-4-12-30-20/h2-12,19H,13-14H2,1H3,(H,24,27)(H,25,28)/t19-/m0/s1. The Balaban J connectivity index is 1.51. The van der Waals surface area contributed by atoms with Crippen LogP contribution in [0, 0.1) is 6.92 Å². The molecule has 3 aromatic rings. The van der Waals surface area contributed by atoms with Gasteiger partial charge in [0.1, 0.15) is 6.04 Å². The van der Waals surface area contributed by atoms with Crippen molar-refractivity contribution in [2.45, 2.75) is 25.9 Å². The van der Waals surface area contributed by atoms with Crippen LogP contribution in [0.4, 0.5) is 0 Å². The Morgan fingerprint density at radius 2 is 1.67 bits per heavy atom. The van der Waals surface area contributed by atoms with Crippen LogP contribution in [-0.2, 0) is 17.8 Å². The van der Waals surface area contributed by atoms with E-state index in [1.165, 1.54) is 11.2 Å². The van der Waals surface area contributed by atoms with E-state index in [0.29, 0.717) is 12.0 Å². The average Bonchev–Trinajstić information content (AvgIpc) is 3.31. The van der Waals surface area contributed by atoms with Gasteiger partial charge in [0.25, 0.3) is 17.7 Å². The van der Waals surface area contributed by atoms with Gasteiger partial charge < -0.3 is 9.32 Å². The number of nitrogens with zero attached hydrogens (tertiary/aromatic N) is 1. The first kappa shape index (κ1) is 19.4. The lowest BCUT2D eigenvalue weighted by Crippen LogP contribution is -2.56. The molecule has 4 rings (SSSR count). The second kappa shape index (κ2) is 8.24. The van der Waals surface area contributed by atoms with Crippen LogP contribution < -0.4 is 10.9 Å². The van der Waals surface area contributed by atoms with E-state index in [2.05, 4.69) is 10.9 Å². The molecule has 0 aliphatic carbocycles. The summed E-state index contributed by atoms with van der Waals surface area (Å²) in [4.78, 5) is 39.7. The number of hydrogen-bond donors (Lipinski definition) is 2. The van der Waals surface area contributed by atoms with Gasteiger partial charge in [-0.3, -0.25) is 25.2 Å². The number of benzene rings is 2. The first-order valence-electron chi connectivity index (χ1n) is 9.61. The summed E-state index contributed by atoms with van der Waals surface area (Å²) >= 11 is 0. The van der Waals surface area contributed by atoms with Crippen molar-refractivity contribution in [1.82, 2.24) is 15.8 Å². The maximum atomic E-state index is 12.9. The van der Waals surface area contributed by atoms with Crippen molar-refractivity contribution in [3.63, 3.8) is 0 Å². The first-order chi connectivity index (χ1) is 14.5. The minimum atomic E-state index is -0.782. The predicted molar refractivity (Wildman–Crippen MR) is 109 cm³/mol. The van der Waals surface area contributed by atoms with Gasteiger partial charge in [-0.05, 0) is 42.3 Å². The SMILES string of the molecule is Cc1ccc(C(=O)NNC(=O)[C@@H]2Cc3ccccc3CN2C(=O)c2ccco2)cc1. The lowest BCUT2D eigenvalue weighted by molar-refractivity contribution is -0.127. The maximum Gasteiger partial charge on any atom is 0.290 e. The minimum absolute atomic E-state index is 0.163. The topological polar surface area (TPSA) is 91.7 Å². The van der Waals surface area contributed by atoms with Crippen LogP contribution in [-0.4, -0.2) is 28.7 Å². The summed E-state index contributed by atoms with van der Waals surface area (Å²) in [6, 6.07) is 17.1. The summed E-state index contributed by atoms with van der Waals surface area (Å²) in [7, 11) is 0. The van der Waals surface area contributed by atoms with Gasteiger partial charge in [-0.25, -0.2) is 0 Å². The van der Waals surface area contributed by atoms with E-state index >= 15 is 0 Å². The summed E-state index contributed by atoms with van der Waals surface area (Å²) in [5, 5.41) is 0. The molecule has 2 N–H and O–H groups in total. The molecule has 30 heavy (non-hydrogen) atoms. The van der Waals surface area contributed by atoms with Gasteiger partial charge in [-0.1, -0.05) is 42.0 Å². The molecule has 0 bridgehead atoms. The number of rotatable bonds is 3. The molecule has 1 aliphatic rings. The molecule has 1 aromatic heterocycles. The van der Waals surface area contributed by atoms with Crippen molar-refractivity contribution >= 4 is 17.7 Å². The van der Waals surface area contributed by atoms with Crippen molar-refractivity contribution in [2.24, 2.45) is 0 Å². The zero-order valence-corrected chi connectivity index (χ0v) is 16.4. The highest BCUT2D eigenvalue weighted by molar-refractivity contribution is 5.98. The molecule has 0 saturated heterocycles. The van der Waals surface area contributed by atoms with Gasteiger partial charge >= 0.3 is 0 Å². The minimum Gasteiger partial charge on any atom is -0.459 e. The van der Waals surface area contributed by atoms with E-state index < -0.39 is 17.9 Å². The molecule has 7 heteroatoms. The second-order valence-electron chi connectivity index (χ2n) is 7.21. The van der Waals surface area contributed by atoms with Gasteiger partial charge in [-0.15, -0.1) is 0 Å². The van der Waals surface area contributed by atoms with Crippen LogP contribution in [0.3, 0.4) is 0 Å². The molecule has 2 aromatic carbocycles. The third-order valence-electron chi connectivity index (χ3n) is 5.16.